The molecule has 0 fully saturated rings. The summed E-state index contributed by atoms with van der Waals surface area (Å²) < 4.78 is 0. The van der Waals surface area contributed by atoms with E-state index in [1.807, 2.05) is 67.7 Å². The lowest BCUT2D eigenvalue weighted by atomic mass is 10.2. The van der Waals surface area contributed by atoms with Crippen LogP contribution in [0.4, 0.5) is 0 Å². The van der Waals surface area contributed by atoms with Crippen LogP contribution in [0.25, 0.3) is 0 Å². The van der Waals surface area contributed by atoms with E-state index in [2.05, 4.69) is 87.3 Å². The van der Waals surface area contributed by atoms with E-state index in [0.29, 0.717) is 0 Å². The summed E-state index contributed by atoms with van der Waals surface area (Å²) in [5, 5.41) is 0. The van der Waals surface area contributed by atoms with Crippen molar-refractivity contribution in [1.29, 1.82) is 0 Å². The summed E-state index contributed by atoms with van der Waals surface area (Å²) in [5.74, 6) is 0. The minimum absolute atomic E-state index is 1.08. The molecular weight excluding hydrogens is 362 g/mol. The Hall–Kier alpha value is -2.41. The van der Waals surface area contributed by atoms with Crippen molar-refractivity contribution in [2.24, 2.45) is 0 Å². The van der Waals surface area contributed by atoms with E-state index in [9.17, 15) is 0 Å². The number of pyridine rings is 1. The molecular formula is C29H47N. The van der Waals surface area contributed by atoms with Crippen LogP contribution in [0.3, 0.4) is 0 Å². The van der Waals surface area contributed by atoms with Gasteiger partial charge in [-0.3, -0.25) is 4.98 Å². The maximum atomic E-state index is 4.08. The molecule has 0 saturated heterocycles. The highest BCUT2D eigenvalue weighted by Crippen LogP contribution is 2.00. The van der Waals surface area contributed by atoms with Gasteiger partial charge >= 0.3 is 0 Å². The Morgan fingerprint density at radius 3 is 1.03 bits per heavy atom. The van der Waals surface area contributed by atoms with E-state index in [1.165, 1.54) is 27.8 Å². The van der Waals surface area contributed by atoms with Crippen LogP contribution >= 0.6 is 0 Å². The summed E-state index contributed by atoms with van der Waals surface area (Å²) in [4.78, 5) is 4.08. The third kappa shape index (κ3) is 20.3. The van der Waals surface area contributed by atoms with Crippen molar-refractivity contribution >= 4 is 0 Å². The molecule has 3 rings (SSSR count). The molecule has 3 aromatic rings. The Bertz CT molecular complexity index is 607. The van der Waals surface area contributed by atoms with Crippen molar-refractivity contribution in [2.45, 2.75) is 83.1 Å². The van der Waals surface area contributed by atoms with Crippen LogP contribution in [-0.2, 0) is 0 Å². The van der Waals surface area contributed by atoms with Crippen molar-refractivity contribution in [2.75, 3.05) is 0 Å². The molecule has 1 heterocycles. The summed E-state index contributed by atoms with van der Waals surface area (Å²) in [6, 6.07) is 21.0. The number of hydrogen-bond donors (Lipinski definition) is 0. The van der Waals surface area contributed by atoms with Gasteiger partial charge in [0.15, 0.2) is 0 Å². The molecule has 0 saturated carbocycles. The van der Waals surface area contributed by atoms with Crippen molar-refractivity contribution < 1.29 is 0 Å². The zero-order valence-electron chi connectivity index (χ0n) is 21.8. The Morgan fingerprint density at radius 2 is 0.800 bits per heavy atom. The molecule has 1 aromatic heterocycles. The minimum Gasteiger partial charge on any atom is -0.261 e. The summed E-state index contributed by atoms with van der Waals surface area (Å²) in [5.41, 5.74) is 7.63. The molecule has 0 aliphatic heterocycles. The second-order valence-corrected chi connectivity index (χ2v) is 6.29. The molecule has 1 nitrogen and oxygen atoms in total. The van der Waals surface area contributed by atoms with E-state index in [1.54, 1.807) is 0 Å². The predicted molar refractivity (Wildman–Crippen MR) is 140 cm³/mol. The van der Waals surface area contributed by atoms with Crippen LogP contribution in [0.15, 0.2) is 66.9 Å². The Morgan fingerprint density at radius 1 is 0.433 bits per heavy atom. The van der Waals surface area contributed by atoms with Gasteiger partial charge in [-0.05, 0) is 53.2 Å². The molecule has 0 radical (unpaired) electrons. The van der Waals surface area contributed by atoms with Crippen molar-refractivity contribution in [1.82, 2.24) is 4.98 Å². The molecule has 0 amide bonds. The van der Waals surface area contributed by atoms with Crippen LogP contribution in [-0.4, -0.2) is 4.98 Å². The lowest BCUT2D eigenvalue weighted by Crippen LogP contribution is -1.78. The van der Waals surface area contributed by atoms with Gasteiger partial charge in [0.2, 0.25) is 0 Å². The van der Waals surface area contributed by atoms with Crippen LogP contribution in [0, 0.1) is 41.5 Å². The molecule has 0 N–H and O–H groups in total. The topological polar surface area (TPSA) is 12.9 Å². The Kier molecular flexibility index (Phi) is 24.6. The Balaban J connectivity index is -0.000000323. The quantitative estimate of drug-likeness (QED) is 0.360. The summed E-state index contributed by atoms with van der Waals surface area (Å²) in [7, 11) is 0. The van der Waals surface area contributed by atoms with E-state index in [0.717, 1.165) is 5.69 Å². The largest absolute Gasteiger partial charge is 0.261 e. The van der Waals surface area contributed by atoms with Gasteiger partial charge in [-0.25, -0.2) is 0 Å². The van der Waals surface area contributed by atoms with Crippen molar-refractivity contribution in [3.8, 4) is 0 Å². The van der Waals surface area contributed by atoms with Crippen molar-refractivity contribution in [3.05, 3.63) is 100 Å². The number of nitrogens with zero attached hydrogens (tertiary/aromatic N) is 1. The molecule has 0 atom stereocenters. The second-order valence-electron chi connectivity index (χ2n) is 6.29. The average molecular weight is 410 g/mol. The SMILES string of the molecule is CC.CC.CC.Cc1ccc(C)cc1.Cc1ccc(C)nc1.Cc1cccc(C)c1. The van der Waals surface area contributed by atoms with E-state index >= 15 is 0 Å². The fourth-order valence-corrected chi connectivity index (χ4v) is 1.99. The van der Waals surface area contributed by atoms with Crippen LogP contribution < -0.4 is 0 Å². The lowest BCUT2D eigenvalue weighted by molar-refractivity contribution is 1.17. The highest BCUT2D eigenvalue weighted by atomic mass is 14.6. The molecule has 0 spiro atoms. The first-order valence-electron chi connectivity index (χ1n) is 11.3. The monoisotopic (exact) mass is 409 g/mol. The van der Waals surface area contributed by atoms with Gasteiger partial charge in [0.1, 0.15) is 0 Å². The zero-order valence-corrected chi connectivity index (χ0v) is 21.8. The fourth-order valence-electron chi connectivity index (χ4n) is 1.99. The summed E-state index contributed by atoms with van der Waals surface area (Å²) in [6.45, 7) is 24.4. The molecule has 0 bridgehead atoms. The Labute approximate surface area is 188 Å². The molecule has 2 aromatic carbocycles. The van der Waals surface area contributed by atoms with Crippen LogP contribution in [0.1, 0.15) is 75.1 Å². The predicted octanol–water partition coefficient (Wildman–Crippen LogP) is 9.38. The number of aromatic nitrogens is 1. The first-order chi connectivity index (χ1) is 14.4. The van der Waals surface area contributed by atoms with Crippen molar-refractivity contribution in [3.63, 3.8) is 0 Å². The number of benzene rings is 2. The maximum absolute atomic E-state index is 4.08. The van der Waals surface area contributed by atoms with Gasteiger partial charge in [-0.2, -0.15) is 0 Å². The molecule has 168 valence electrons. The lowest BCUT2D eigenvalue weighted by Gasteiger charge is -1.90. The van der Waals surface area contributed by atoms with Gasteiger partial charge < -0.3 is 0 Å². The zero-order chi connectivity index (χ0) is 23.9. The van der Waals surface area contributed by atoms with Gasteiger partial charge in [-0.15, -0.1) is 0 Å². The first kappa shape index (κ1) is 32.3. The second kappa shape index (κ2) is 22.9. The van der Waals surface area contributed by atoms with Crippen LogP contribution in [0.2, 0.25) is 0 Å². The highest BCUT2D eigenvalue weighted by Gasteiger charge is 1.82. The smallest absolute Gasteiger partial charge is 0.0372 e. The van der Waals surface area contributed by atoms with Crippen LogP contribution in [0.5, 0.6) is 0 Å². The van der Waals surface area contributed by atoms with E-state index in [-0.39, 0.29) is 0 Å². The fraction of sp³-hybridized carbons (Fsp3) is 0.414. The van der Waals surface area contributed by atoms with E-state index in [4.69, 9.17) is 0 Å². The molecule has 0 aliphatic carbocycles. The maximum Gasteiger partial charge on any atom is 0.0372 e. The standard InChI is InChI=1S/2C8H10.C7H9N.3C2H6/c1-7-3-5-8(2)6-4-7;1-7-4-3-5-8(2)6-7;1-6-3-4-7(2)8-5-6;3*1-2/h2*3-6H,1-2H3;3-5H,1-2H3;3*1-2H3. The first-order valence-corrected chi connectivity index (χ1v) is 11.3. The molecule has 1 heteroatoms. The third-order valence-corrected chi connectivity index (χ3v) is 3.45. The third-order valence-electron chi connectivity index (χ3n) is 3.45. The van der Waals surface area contributed by atoms with E-state index < -0.39 is 0 Å². The normalized spacial score (nSPS) is 8.00. The molecule has 0 aliphatic rings. The number of hydrogen-bond acceptors (Lipinski definition) is 1. The summed E-state index contributed by atoms with van der Waals surface area (Å²) >= 11 is 0. The van der Waals surface area contributed by atoms with Gasteiger partial charge in [0, 0.05) is 11.9 Å². The van der Waals surface area contributed by atoms with Gasteiger partial charge in [0.05, 0.1) is 0 Å². The summed E-state index contributed by atoms with van der Waals surface area (Å²) in [6.07, 6.45) is 1.87. The average Bonchev–Trinajstić information content (AvgIpc) is 2.77. The minimum atomic E-state index is 1.08. The number of aryl methyl sites for hydroxylation is 6. The van der Waals surface area contributed by atoms with Gasteiger partial charge in [-0.1, -0.05) is 118 Å². The van der Waals surface area contributed by atoms with Gasteiger partial charge in [0.25, 0.3) is 0 Å². The number of rotatable bonds is 0. The molecule has 30 heavy (non-hydrogen) atoms. The molecule has 0 unspecified atom stereocenters. The highest BCUT2D eigenvalue weighted by molar-refractivity contribution is 5.20.